The number of carbonyl (C=O) groups excluding carboxylic acids is 1. The molecule has 0 spiro atoms. The quantitative estimate of drug-likeness (QED) is 0.826. The van der Waals surface area contributed by atoms with Gasteiger partial charge in [0.2, 0.25) is 0 Å². The Bertz CT molecular complexity index is 848. The monoisotopic (exact) mass is 347 g/mol. The van der Waals surface area contributed by atoms with Crippen molar-refractivity contribution in [1.82, 2.24) is 15.1 Å². The summed E-state index contributed by atoms with van der Waals surface area (Å²) < 4.78 is 14.6. The maximum atomic E-state index is 13.9. The molecule has 1 aromatic heterocycles. The van der Waals surface area contributed by atoms with Crippen molar-refractivity contribution in [2.24, 2.45) is 5.92 Å². The van der Waals surface area contributed by atoms with Crippen LogP contribution in [0.5, 0.6) is 0 Å². The van der Waals surface area contributed by atoms with Crippen molar-refractivity contribution < 1.29 is 19.1 Å². The van der Waals surface area contributed by atoms with Gasteiger partial charge in [-0.15, -0.1) is 0 Å². The molecule has 132 valence electrons. The number of hydrogen-bond acceptors (Lipinski definition) is 4. The number of carboxylic acid groups (broad SMARTS) is 1. The van der Waals surface area contributed by atoms with Crippen molar-refractivity contribution in [2.75, 3.05) is 0 Å². The minimum atomic E-state index is -1.16. The fraction of sp³-hybridized carbons (Fsp3) is 0.294. The van der Waals surface area contributed by atoms with Crippen LogP contribution in [0.15, 0.2) is 41.2 Å². The number of hydrogen-bond donors (Lipinski definition) is 2. The van der Waals surface area contributed by atoms with Crippen molar-refractivity contribution >= 4 is 11.9 Å². The zero-order valence-electron chi connectivity index (χ0n) is 13.8. The summed E-state index contributed by atoms with van der Waals surface area (Å²) in [6.45, 7) is 3.66. The Morgan fingerprint density at radius 3 is 2.52 bits per heavy atom. The summed E-state index contributed by atoms with van der Waals surface area (Å²) in [6, 6.07) is 6.68. The van der Waals surface area contributed by atoms with Crippen LogP contribution in [0.2, 0.25) is 0 Å². The number of nitrogens with one attached hydrogen (secondary N) is 1. The first-order chi connectivity index (χ1) is 11.8. The first-order valence-corrected chi connectivity index (χ1v) is 7.68. The smallest absolute Gasteiger partial charge is 0.326 e. The van der Waals surface area contributed by atoms with Crippen LogP contribution in [0.1, 0.15) is 30.8 Å². The lowest BCUT2D eigenvalue weighted by Gasteiger charge is -2.16. The molecule has 2 aromatic rings. The van der Waals surface area contributed by atoms with Gasteiger partial charge >= 0.3 is 5.97 Å². The van der Waals surface area contributed by atoms with Gasteiger partial charge in [0.05, 0.1) is 0 Å². The molecule has 0 aliphatic rings. The van der Waals surface area contributed by atoms with E-state index in [4.69, 9.17) is 0 Å². The van der Waals surface area contributed by atoms with Crippen LogP contribution in [-0.2, 0) is 4.79 Å². The standard InChI is InChI=1S/C17H18FN3O4/c1-10(2)9-13(17(24)25)19-16(23)12-7-8-15(22)21(20-12)14-6-4-3-5-11(14)18/h3-8,10,13H,9H2,1-2H3,(H,19,23)(H,24,25). The third-order valence-corrected chi connectivity index (χ3v) is 3.42. The molecule has 0 aliphatic carbocycles. The van der Waals surface area contributed by atoms with Gasteiger partial charge in [-0.2, -0.15) is 9.78 Å². The van der Waals surface area contributed by atoms with Gasteiger partial charge in [0.1, 0.15) is 23.2 Å². The van der Waals surface area contributed by atoms with Crippen LogP contribution < -0.4 is 10.9 Å². The van der Waals surface area contributed by atoms with Crippen molar-refractivity contribution in [2.45, 2.75) is 26.3 Å². The van der Waals surface area contributed by atoms with E-state index in [0.29, 0.717) is 0 Å². The maximum Gasteiger partial charge on any atom is 0.326 e. The number of halogens is 1. The van der Waals surface area contributed by atoms with Gasteiger partial charge in [0.25, 0.3) is 11.5 Å². The molecule has 8 heteroatoms. The van der Waals surface area contributed by atoms with Crippen LogP contribution in [0.25, 0.3) is 5.69 Å². The van der Waals surface area contributed by atoms with E-state index in [1.165, 1.54) is 30.3 Å². The van der Waals surface area contributed by atoms with Crippen molar-refractivity contribution in [1.29, 1.82) is 0 Å². The first kappa shape index (κ1) is 18.3. The molecule has 1 amide bonds. The second-order valence-electron chi connectivity index (χ2n) is 5.91. The summed E-state index contributed by atoms with van der Waals surface area (Å²) in [7, 11) is 0. The van der Waals surface area contributed by atoms with Crippen LogP contribution in [0, 0.1) is 11.7 Å². The molecular formula is C17H18FN3O4. The van der Waals surface area contributed by atoms with Crippen molar-refractivity contribution in [3.63, 3.8) is 0 Å². The number of amides is 1. The predicted octanol–water partition coefficient (Wildman–Crippen LogP) is 1.60. The molecule has 2 rings (SSSR count). The van der Waals surface area contributed by atoms with Crippen LogP contribution >= 0.6 is 0 Å². The molecule has 1 unspecified atom stereocenters. The first-order valence-electron chi connectivity index (χ1n) is 7.68. The van der Waals surface area contributed by atoms with Gasteiger partial charge in [0.15, 0.2) is 0 Å². The number of benzene rings is 1. The number of para-hydroxylation sites is 1. The van der Waals surface area contributed by atoms with E-state index >= 15 is 0 Å². The van der Waals surface area contributed by atoms with Crippen LogP contribution in [-0.4, -0.2) is 32.8 Å². The van der Waals surface area contributed by atoms with Gasteiger partial charge in [-0.05, 0) is 30.5 Å². The van der Waals surface area contributed by atoms with E-state index in [2.05, 4.69) is 10.4 Å². The number of carboxylic acids is 1. The largest absolute Gasteiger partial charge is 0.480 e. The predicted molar refractivity (Wildman–Crippen MR) is 88.1 cm³/mol. The molecule has 0 saturated heterocycles. The molecule has 7 nitrogen and oxygen atoms in total. The lowest BCUT2D eigenvalue weighted by molar-refractivity contribution is -0.139. The lowest BCUT2D eigenvalue weighted by atomic mass is 10.0. The highest BCUT2D eigenvalue weighted by molar-refractivity contribution is 5.94. The fourth-order valence-electron chi connectivity index (χ4n) is 2.25. The molecule has 0 radical (unpaired) electrons. The number of aliphatic carboxylic acids is 1. The highest BCUT2D eigenvalue weighted by Crippen LogP contribution is 2.10. The highest BCUT2D eigenvalue weighted by Gasteiger charge is 2.23. The van der Waals surface area contributed by atoms with Gasteiger partial charge in [-0.1, -0.05) is 26.0 Å². The molecular weight excluding hydrogens is 329 g/mol. The summed E-state index contributed by atoms with van der Waals surface area (Å²) in [6.07, 6.45) is 0.244. The number of nitrogens with zero attached hydrogens (tertiary/aromatic N) is 2. The maximum absolute atomic E-state index is 13.9. The minimum Gasteiger partial charge on any atom is -0.480 e. The zero-order valence-corrected chi connectivity index (χ0v) is 13.8. The van der Waals surface area contributed by atoms with Crippen molar-refractivity contribution in [3.05, 3.63) is 58.3 Å². The summed E-state index contributed by atoms with van der Waals surface area (Å²) >= 11 is 0. The molecule has 0 aliphatic heterocycles. The van der Waals surface area contributed by atoms with E-state index in [0.717, 1.165) is 10.7 Å². The topological polar surface area (TPSA) is 101 Å². The number of carbonyl (C=O) groups is 2. The van der Waals surface area contributed by atoms with E-state index < -0.39 is 29.3 Å². The SMILES string of the molecule is CC(C)CC(NC(=O)c1ccc(=O)n(-c2ccccc2F)n1)C(=O)O. The third kappa shape index (κ3) is 4.50. The Labute approximate surface area is 143 Å². The molecule has 1 atom stereocenters. The van der Waals surface area contributed by atoms with Gasteiger partial charge in [-0.3, -0.25) is 9.59 Å². The summed E-state index contributed by atoms with van der Waals surface area (Å²) in [4.78, 5) is 35.5. The number of rotatable bonds is 6. The summed E-state index contributed by atoms with van der Waals surface area (Å²) in [5, 5.41) is 15.4. The molecule has 1 aromatic carbocycles. The van der Waals surface area contributed by atoms with E-state index in [-0.39, 0.29) is 23.7 Å². The van der Waals surface area contributed by atoms with E-state index in [1.54, 1.807) is 0 Å². The zero-order chi connectivity index (χ0) is 18.6. The molecule has 0 bridgehead atoms. The Morgan fingerprint density at radius 1 is 1.24 bits per heavy atom. The van der Waals surface area contributed by atoms with Gasteiger partial charge in [-0.25, -0.2) is 9.18 Å². The third-order valence-electron chi connectivity index (χ3n) is 3.42. The van der Waals surface area contributed by atoms with Crippen molar-refractivity contribution in [3.8, 4) is 5.69 Å². The summed E-state index contributed by atoms with van der Waals surface area (Å²) in [5.74, 6) is -2.53. The Morgan fingerprint density at radius 2 is 1.92 bits per heavy atom. The molecule has 25 heavy (non-hydrogen) atoms. The highest BCUT2D eigenvalue weighted by atomic mass is 19.1. The Balaban J connectivity index is 2.33. The molecule has 2 N–H and O–H groups in total. The Hall–Kier alpha value is -3.03. The van der Waals surface area contributed by atoms with E-state index in [1.807, 2.05) is 13.8 Å². The minimum absolute atomic E-state index is 0.0572. The molecule has 0 fully saturated rings. The second kappa shape index (κ2) is 7.69. The lowest BCUT2D eigenvalue weighted by Crippen LogP contribution is -2.42. The van der Waals surface area contributed by atoms with Gasteiger partial charge < -0.3 is 10.4 Å². The second-order valence-corrected chi connectivity index (χ2v) is 5.91. The summed E-state index contributed by atoms with van der Waals surface area (Å²) in [5.41, 5.74) is -0.893. The fourth-order valence-corrected chi connectivity index (χ4v) is 2.25. The van der Waals surface area contributed by atoms with Crippen LogP contribution in [0.4, 0.5) is 4.39 Å². The molecule has 1 heterocycles. The average Bonchev–Trinajstić information content (AvgIpc) is 2.55. The average molecular weight is 347 g/mol. The van der Waals surface area contributed by atoms with Crippen LogP contribution in [0.3, 0.4) is 0 Å². The number of aromatic nitrogens is 2. The molecule has 0 saturated carbocycles. The Kier molecular flexibility index (Phi) is 5.63. The van der Waals surface area contributed by atoms with E-state index in [9.17, 15) is 23.9 Å². The van der Waals surface area contributed by atoms with Gasteiger partial charge in [0, 0.05) is 6.07 Å². The normalized spacial score (nSPS) is 12.0.